The molecule has 0 radical (unpaired) electrons. The molecule has 1 N–H and O–H groups in total. The fraction of sp³-hybridized carbons (Fsp3) is 0.419. The minimum Gasteiger partial charge on any atom is -0.317 e. The van der Waals surface area contributed by atoms with Gasteiger partial charge in [-0.15, -0.1) is 0 Å². The van der Waals surface area contributed by atoms with Crippen LogP contribution in [0.25, 0.3) is 0 Å². The van der Waals surface area contributed by atoms with Gasteiger partial charge in [-0.25, -0.2) is 0 Å². The van der Waals surface area contributed by atoms with Crippen LogP contribution in [-0.4, -0.2) is 31.1 Å². The summed E-state index contributed by atoms with van der Waals surface area (Å²) in [7, 11) is 0. The normalized spacial score (nSPS) is 19.4. The monoisotopic (exact) mass is 508 g/mol. The second-order valence-corrected chi connectivity index (χ2v) is 11.4. The summed E-state index contributed by atoms with van der Waals surface area (Å²) in [6.07, 6.45) is 4.70. The molecule has 0 amide bonds. The smallest absolute Gasteiger partial charge is 0.0443 e. The van der Waals surface area contributed by atoms with Gasteiger partial charge in [-0.3, -0.25) is 4.90 Å². The molecular formula is C31H38Cl2N2. The van der Waals surface area contributed by atoms with E-state index in [4.69, 9.17) is 23.2 Å². The van der Waals surface area contributed by atoms with E-state index in [1.54, 1.807) is 0 Å². The highest BCUT2D eigenvalue weighted by atomic mass is 35.5. The average molecular weight is 510 g/mol. The van der Waals surface area contributed by atoms with Crippen molar-refractivity contribution in [2.45, 2.75) is 56.9 Å². The molecule has 2 nitrogen and oxygen atoms in total. The maximum absolute atomic E-state index is 6.40. The number of benzene rings is 3. The lowest BCUT2D eigenvalue weighted by molar-refractivity contribution is 0.162. The van der Waals surface area contributed by atoms with E-state index >= 15 is 0 Å². The van der Waals surface area contributed by atoms with Crippen molar-refractivity contribution in [3.63, 3.8) is 0 Å². The Labute approximate surface area is 221 Å². The quantitative estimate of drug-likeness (QED) is 0.385. The van der Waals surface area contributed by atoms with Gasteiger partial charge in [-0.2, -0.15) is 0 Å². The van der Waals surface area contributed by atoms with Gasteiger partial charge in [0.15, 0.2) is 0 Å². The standard InChI is InChI=1S/C19H22ClN.C12H16ClN/c1-19(17-9-5-6-10-18(17)20)11-13-21(14-12-19)15-16-7-3-2-4-8-16;1-12(6-8-14-9-7-12)10-4-2-3-5-11(10)13/h2-10H,11-15H2,1H3;2-5,14H,6-9H2,1H3. The minimum absolute atomic E-state index is 0.214. The van der Waals surface area contributed by atoms with E-state index in [0.29, 0.717) is 0 Å². The lowest BCUT2D eigenvalue weighted by atomic mass is 9.74. The fourth-order valence-electron chi connectivity index (χ4n) is 5.46. The summed E-state index contributed by atoms with van der Waals surface area (Å²) < 4.78 is 0. The number of hydrogen-bond acceptors (Lipinski definition) is 2. The largest absolute Gasteiger partial charge is 0.317 e. The molecule has 2 fully saturated rings. The fourth-order valence-corrected chi connectivity index (χ4v) is 6.19. The molecule has 2 aliphatic rings. The molecule has 2 heterocycles. The van der Waals surface area contributed by atoms with Crippen molar-refractivity contribution in [2.24, 2.45) is 0 Å². The summed E-state index contributed by atoms with van der Waals surface area (Å²) in [4.78, 5) is 2.55. The Hall–Kier alpha value is -1.84. The van der Waals surface area contributed by atoms with Crippen molar-refractivity contribution >= 4 is 23.2 Å². The van der Waals surface area contributed by atoms with Crippen LogP contribution in [0.4, 0.5) is 0 Å². The van der Waals surface area contributed by atoms with Crippen molar-refractivity contribution in [3.05, 3.63) is 106 Å². The van der Waals surface area contributed by atoms with E-state index in [1.165, 1.54) is 42.4 Å². The highest BCUT2D eigenvalue weighted by Gasteiger charge is 2.33. The second kappa shape index (κ2) is 11.9. The Morgan fingerprint density at radius 3 is 1.63 bits per heavy atom. The van der Waals surface area contributed by atoms with Crippen LogP contribution in [0.2, 0.25) is 10.0 Å². The van der Waals surface area contributed by atoms with Crippen LogP contribution in [0.1, 0.15) is 56.2 Å². The Morgan fingerprint density at radius 1 is 0.657 bits per heavy atom. The van der Waals surface area contributed by atoms with E-state index < -0.39 is 0 Å². The molecule has 2 saturated heterocycles. The number of rotatable bonds is 4. The summed E-state index contributed by atoms with van der Waals surface area (Å²) in [5, 5.41) is 5.21. The first-order chi connectivity index (χ1) is 16.9. The van der Waals surface area contributed by atoms with Crippen LogP contribution in [0, 0.1) is 0 Å². The van der Waals surface area contributed by atoms with E-state index in [-0.39, 0.29) is 10.8 Å². The van der Waals surface area contributed by atoms with Crippen LogP contribution in [0.15, 0.2) is 78.9 Å². The molecule has 0 unspecified atom stereocenters. The summed E-state index contributed by atoms with van der Waals surface area (Å²) >= 11 is 12.6. The molecular weight excluding hydrogens is 471 g/mol. The molecule has 5 rings (SSSR count). The van der Waals surface area contributed by atoms with E-state index in [0.717, 1.165) is 42.8 Å². The van der Waals surface area contributed by atoms with Gasteiger partial charge in [0.1, 0.15) is 0 Å². The van der Waals surface area contributed by atoms with E-state index in [9.17, 15) is 0 Å². The van der Waals surface area contributed by atoms with Gasteiger partial charge in [0.25, 0.3) is 0 Å². The molecule has 0 aromatic heterocycles. The zero-order valence-electron chi connectivity index (χ0n) is 21.1. The van der Waals surface area contributed by atoms with Crippen molar-refractivity contribution in [3.8, 4) is 0 Å². The zero-order valence-corrected chi connectivity index (χ0v) is 22.6. The molecule has 0 aliphatic carbocycles. The second-order valence-electron chi connectivity index (χ2n) is 10.6. The van der Waals surface area contributed by atoms with Gasteiger partial charge in [-0.1, -0.05) is 104 Å². The predicted molar refractivity (Wildman–Crippen MR) is 151 cm³/mol. The molecule has 3 aromatic carbocycles. The molecule has 0 spiro atoms. The average Bonchev–Trinajstić information content (AvgIpc) is 2.87. The Morgan fingerprint density at radius 2 is 1.11 bits per heavy atom. The van der Waals surface area contributed by atoms with Crippen LogP contribution in [0.3, 0.4) is 0 Å². The molecule has 3 aromatic rings. The number of halogens is 2. The number of piperidine rings is 2. The maximum Gasteiger partial charge on any atom is 0.0443 e. The van der Waals surface area contributed by atoms with Crippen molar-refractivity contribution in [1.29, 1.82) is 0 Å². The summed E-state index contributed by atoms with van der Waals surface area (Å²) in [5.41, 5.74) is 4.50. The topological polar surface area (TPSA) is 15.3 Å². The van der Waals surface area contributed by atoms with Crippen LogP contribution < -0.4 is 5.32 Å². The first kappa shape index (κ1) is 26.2. The molecule has 0 atom stereocenters. The maximum atomic E-state index is 6.40. The van der Waals surface area contributed by atoms with Gasteiger partial charge >= 0.3 is 0 Å². The third kappa shape index (κ3) is 6.68. The van der Waals surface area contributed by atoms with Gasteiger partial charge < -0.3 is 5.32 Å². The third-order valence-electron chi connectivity index (χ3n) is 7.96. The summed E-state index contributed by atoms with van der Waals surface area (Å²) in [6, 6.07) is 27.3. The number of hydrogen-bond donors (Lipinski definition) is 1. The molecule has 2 aliphatic heterocycles. The molecule has 0 saturated carbocycles. The van der Waals surface area contributed by atoms with E-state index in [2.05, 4.69) is 78.7 Å². The van der Waals surface area contributed by atoms with Gasteiger partial charge in [0, 0.05) is 16.6 Å². The van der Waals surface area contributed by atoms with Gasteiger partial charge in [0.05, 0.1) is 0 Å². The predicted octanol–water partition coefficient (Wildman–Crippen LogP) is 7.87. The lowest BCUT2D eigenvalue weighted by Crippen LogP contribution is -2.40. The first-order valence-corrected chi connectivity index (χ1v) is 13.6. The third-order valence-corrected chi connectivity index (χ3v) is 8.62. The SMILES string of the molecule is CC1(c2ccccc2Cl)CCN(Cc2ccccc2)CC1.CC1(c2ccccc2Cl)CCNCC1. The van der Waals surface area contributed by atoms with Gasteiger partial charge in [0.2, 0.25) is 0 Å². The molecule has 0 bridgehead atoms. The molecule has 35 heavy (non-hydrogen) atoms. The molecule has 4 heteroatoms. The highest BCUT2D eigenvalue weighted by molar-refractivity contribution is 6.31. The van der Waals surface area contributed by atoms with Crippen LogP contribution in [-0.2, 0) is 17.4 Å². The highest BCUT2D eigenvalue weighted by Crippen LogP contribution is 2.39. The Balaban J connectivity index is 0.000000179. The number of nitrogens with zero attached hydrogens (tertiary/aromatic N) is 1. The van der Waals surface area contributed by atoms with Crippen molar-refractivity contribution in [2.75, 3.05) is 26.2 Å². The number of nitrogens with one attached hydrogen (secondary N) is 1. The Kier molecular flexibility index (Phi) is 8.94. The van der Waals surface area contributed by atoms with Crippen molar-refractivity contribution < 1.29 is 0 Å². The first-order valence-electron chi connectivity index (χ1n) is 12.9. The summed E-state index contributed by atoms with van der Waals surface area (Å²) in [5.74, 6) is 0. The van der Waals surface area contributed by atoms with Gasteiger partial charge in [-0.05, 0) is 91.5 Å². The van der Waals surface area contributed by atoms with E-state index in [1.807, 2.05) is 24.3 Å². The summed E-state index contributed by atoms with van der Waals surface area (Å²) in [6.45, 7) is 10.2. The van der Waals surface area contributed by atoms with Crippen LogP contribution in [0.5, 0.6) is 0 Å². The molecule has 186 valence electrons. The lowest BCUT2D eigenvalue weighted by Gasteiger charge is -2.40. The Bertz CT molecular complexity index is 1070. The van der Waals surface area contributed by atoms with Crippen LogP contribution >= 0.6 is 23.2 Å². The number of likely N-dealkylation sites (tertiary alicyclic amines) is 1. The zero-order chi connectivity index (χ0) is 24.7. The minimum atomic E-state index is 0.214. The van der Waals surface area contributed by atoms with Crippen molar-refractivity contribution in [1.82, 2.24) is 10.2 Å².